The number of halogens is 1. The van der Waals surface area contributed by atoms with Gasteiger partial charge in [0.2, 0.25) is 17.2 Å². The summed E-state index contributed by atoms with van der Waals surface area (Å²) in [4.78, 5) is 51.9. The number of carbonyl (C=O) groups is 4. The number of Topliss-reactive ketones (excluding diaryl/α,β-unsaturated/α-hetero) is 2. The highest BCUT2D eigenvalue weighted by Gasteiger charge is 2.49. The summed E-state index contributed by atoms with van der Waals surface area (Å²) in [5, 5.41) is 3.04. The molecule has 19 heteroatoms. The van der Waals surface area contributed by atoms with E-state index in [1.165, 1.54) is 30.4 Å². The van der Waals surface area contributed by atoms with Gasteiger partial charge in [0.05, 0.1) is 15.6 Å². The van der Waals surface area contributed by atoms with Crippen LogP contribution in [0.25, 0.3) is 0 Å². The fraction of sp³-hybridized carbons (Fsp3) is 0.0357. The van der Waals surface area contributed by atoms with E-state index in [0.717, 1.165) is 6.07 Å². The van der Waals surface area contributed by atoms with Gasteiger partial charge in [0.15, 0.2) is 17.3 Å². The van der Waals surface area contributed by atoms with Crippen LogP contribution >= 0.6 is 15.9 Å². The maximum absolute atomic E-state index is 14.2. The largest absolute Gasteiger partial charge is 0.364 e. The lowest BCUT2D eigenvalue weighted by atomic mass is 9.76. The molecule has 0 bridgehead atoms. The molecule has 5 N–H and O–H groups in total. The first-order chi connectivity index (χ1) is 21.8. The van der Waals surface area contributed by atoms with E-state index in [2.05, 4.69) is 26.2 Å². The molecular weight excluding hydrogens is 748 g/mol. The van der Waals surface area contributed by atoms with Crippen LogP contribution in [-0.2, 0) is 30.4 Å². The van der Waals surface area contributed by atoms with Crippen LogP contribution < -0.4 is 10.3 Å². The molecule has 1 unspecified atom stereocenters. The molecule has 15 nitrogen and oxygen atoms in total. The van der Waals surface area contributed by atoms with Gasteiger partial charge >= 0.3 is 0 Å². The number of benzene rings is 3. The van der Waals surface area contributed by atoms with Crippen LogP contribution in [-0.4, -0.2) is 73.8 Å². The molecular formula is C28H14BrN2O13S3+. The second kappa shape index (κ2) is 9.76. The van der Waals surface area contributed by atoms with Gasteiger partial charge in [0, 0.05) is 33.9 Å². The van der Waals surface area contributed by atoms with Crippen molar-refractivity contribution in [3.8, 4) is 0 Å². The van der Waals surface area contributed by atoms with E-state index in [0.29, 0.717) is 0 Å². The SMILES string of the molecule is O=C1C2=C(C(=O)c3ccccc31)C1Nc3ccc4c(c3[NH+]=C1C=C2)C(=O)c1c(c(Br)c(S(=O)(=O)O)c(S(=O)(=O)O)c1S(=O)(=O)O)C4=O. The van der Waals surface area contributed by atoms with Crippen LogP contribution in [0.2, 0.25) is 0 Å². The molecule has 238 valence electrons. The lowest BCUT2D eigenvalue weighted by Crippen LogP contribution is -2.74. The molecule has 1 aliphatic heterocycles. The Morgan fingerprint density at radius 2 is 1.23 bits per heavy atom. The Hall–Kier alpha value is -4.50. The first kappa shape index (κ1) is 31.1. The third kappa shape index (κ3) is 4.31. The zero-order valence-corrected chi connectivity index (χ0v) is 26.8. The second-order valence-electron chi connectivity index (χ2n) is 10.6. The molecule has 7 rings (SSSR count). The molecule has 0 radical (unpaired) electrons. The van der Waals surface area contributed by atoms with Gasteiger partial charge in [-0.3, -0.25) is 32.8 Å². The summed E-state index contributed by atoms with van der Waals surface area (Å²) < 4.78 is 103. The van der Waals surface area contributed by atoms with Gasteiger partial charge in [-0.1, -0.05) is 24.3 Å². The molecule has 1 heterocycles. The molecule has 4 aliphatic rings. The van der Waals surface area contributed by atoms with Crippen LogP contribution in [0.4, 0.5) is 11.4 Å². The molecule has 3 aromatic rings. The van der Waals surface area contributed by atoms with E-state index in [1.54, 1.807) is 12.1 Å². The molecule has 0 saturated carbocycles. The van der Waals surface area contributed by atoms with E-state index in [1.807, 2.05) is 0 Å². The van der Waals surface area contributed by atoms with Gasteiger partial charge in [-0.2, -0.15) is 25.3 Å². The number of nitrogens with one attached hydrogen (secondary N) is 2. The Morgan fingerprint density at radius 1 is 0.638 bits per heavy atom. The van der Waals surface area contributed by atoms with Gasteiger partial charge in [-0.05, 0) is 34.1 Å². The maximum Gasteiger partial charge on any atom is 0.297 e. The predicted octanol–water partition coefficient (Wildman–Crippen LogP) is 0.857. The van der Waals surface area contributed by atoms with Gasteiger partial charge < -0.3 is 5.32 Å². The Labute approximate surface area is 272 Å². The highest BCUT2D eigenvalue weighted by Crippen LogP contribution is 2.46. The number of anilines is 1. The Kier molecular flexibility index (Phi) is 6.46. The monoisotopic (exact) mass is 761 g/mol. The summed E-state index contributed by atoms with van der Waals surface area (Å²) in [7, 11) is -17.7. The van der Waals surface area contributed by atoms with Crippen LogP contribution in [0.3, 0.4) is 0 Å². The van der Waals surface area contributed by atoms with Crippen LogP contribution in [0.15, 0.2) is 78.9 Å². The van der Waals surface area contributed by atoms with Crippen molar-refractivity contribution in [3.05, 3.63) is 97.5 Å². The van der Waals surface area contributed by atoms with E-state index in [9.17, 15) is 58.1 Å². The minimum Gasteiger partial charge on any atom is -0.364 e. The molecule has 0 aromatic heterocycles. The lowest BCUT2D eigenvalue weighted by Gasteiger charge is -2.31. The van der Waals surface area contributed by atoms with Gasteiger partial charge in [0.1, 0.15) is 32.0 Å². The highest BCUT2D eigenvalue weighted by molar-refractivity contribution is 9.10. The van der Waals surface area contributed by atoms with Crippen molar-refractivity contribution < 1.29 is 63.1 Å². The molecule has 1 atom stereocenters. The predicted molar refractivity (Wildman–Crippen MR) is 161 cm³/mol. The summed E-state index contributed by atoms with van der Waals surface area (Å²) in [6.45, 7) is 0. The first-order valence-corrected chi connectivity index (χ1v) is 18.0. The van der Waals surface area contributed by atoms with E-state index in [-0.39, 0.29) is 39.4 Å². The Bertz CT molecular complexity index is 2600. The van der Waals surface area contributed by atoms with Crippen molar-refractivity contribution in [2.24, 2.45) is 0 Å². The first-order valence-electron chi connectivity index (χ1n) is 12.9. The zero-order chi connectivity index (χ0) is 34.1. The summed E-state index contributed by atoms with van der Waals surface area (Å²) in [5.41, 5.74) is -2.63. The molecule has 3 aliphatic carbocycles. The minimum atomic E-state index is -5.96. The zero-order valence-electron chi connectivity index (χ0n) is 22.7. The maximum atomic E-state index is 14.2. The van der Waals surface area contributed by atoms with Crippen LogP contribution in [0, 0.1) is 0 Å². The summed E-state index contributed by atoms with van der Waals surface area (Å²) >= 11 is 2.67. The van der Waals surface area contributed by atoms with Crippen molar-refractivity contribution in [3.63, 3.8) is 0 Å². The minimum absolute atomic E-state index is 0.0698. The summed E-state index contributed by atoms with van der Waals surface area (Å²) in [6, 6.07) is 7.69. The topological polar surface area (TPSA) is 257 Å². The van der Waals surface area contributed by atoms with E-state index < -0.39 is 101 Å². The van der Waals surface area contributed by atoms with Crippen molar-refractivity contribution >= 4 is 86.5 Å². The molecule has 0 spiro atoms. The van der Waals surface area contributed by atoms with Crippen molar-refractivity contribution in [2.75, 3.05) is 5.32 Å². The fourth-order valence-electron chi connectivity index (χ4n) is 6.19. The standard InChI is InChI=1S/C28H13BrN2O13S3/c29-19-17-18(26(45(36,37)38)28(47(42,43)44)27(19)46(39,40)41)25(35)16-12(24(17)34)6-8-14-21(16)31-13-7-5-11-15(20(13)30-14)23(33)10-4-2-1-3-9(10)22(11)32/h1-8,20,30H,(H,36,37,38)(H,39,40,41)(H,42,43,44)/p+1. The number of fused-ring (bicyclic) bond motifs is 7. The van der Waals surface area contributed by atoms with Crippen LogP contribution in [0.5, 0.6) is 0 Å². The Morgan fingerprint density at radius 3 is 1.83 bits per heavy atom. The number of hydrogen-bond acceptors (Lipinski definition) is 11. The molecule has 47 heavy (non-hydrogen) atoms. The van der Waals surface area contributed by atoms with E-state index in [4.69, 9.17) is 0 Å². The number of hydrogen-bond donors (Lipinski definition) is 5. The molecule has 0 saturated heterocycles. The third-order valence-corrected chi connectivity index (χ3v) is 12.1. The summed E-state index contributed by atoms with van der Waals surface area (Å²) in [5.74, 6) is -3.49. The average molecular weight is 763 g/mol. The highest BCUT2D eigenvalue weighted by atomic mass is 79.9. The van der Waals surface area contributed by atoms with Crippen molar-refractivity contribution in [2.45, 2.75) is 20.7 Å². The van der Waals surface area contributed by atoms with Gasteiger partial charge in [-0.25, -0.2) is 4.99 Å². The third-order valence-electron chi connectivity index (χ3n) is 8.01. The fourth-order valence-corrected chi connectivity index (χ4v) is 11.0. The number of ketones is 4. The number of carbonyl (C=O) groups excluding carboxylic acids is 4. The summed E-state index contributed by atoms with van der Waals surface area (Å²) in [6.07, 6.45) is 2.83. The van der Waals surface area contributed by atoms with E-state index >= 15 is 0 Å². The number of rotatable bonds is 3. The second-order valence-corrected chi connectivity index (χ2v) is 15.4. The Balaban J connectivity index is 1.48. The average Bonchev–Trinajstić information content (AvgIpc) is 2.98. The van der Waals surface area contributed by atoms with Gasteiger partial charge in [-0.15, -0.1) is 0 Å². The quantitative estimate of drug-likeness (QED) is 0.182. The van der Waals surface area contributed by atoms with Crippen molar-refractivity contribution in [1.82, 2.24) is 0 Å². The van der Waals surface area contributed by atoms with Gasteiger partial charge in [0.25, 0.3) is 30.4 Å². The van der Waals surface area contributed by atoms with Crippen LogP contribution in [0.1, 0.15) is 52.6 Å². The molecule has 0 fully saturated rings. The lowest BCUT2D eigenvalue weighted by molar-refractivity contribution is -0.355. The van der Waals surface area contributed by atoms with Crippen molar-refractivity contribution in [1.29, 1.82) is 0 Å². The number of allylic oxidation sites excluding steroid dienone is 2. The molecule has 3 aromatic carbocycles. The normalized spacial score (nSPS) is 18.4. The molecule has 0 amide bonds. The smallest absolute Gasteiger partial charge is 0.297 e.